The van der Waals surface area contributed by atoms with Crippen LogP contribution in [0.5, 0.6) is 0 Å². The average molecular weight is 336 g/mol. The number of hydrogen-bond donors (Lipinski definition) is 0. The van der Waals surface area contributed by atoms with Crippen LogP contribution in [0.1, 0.15) is 33.6 Å². The number of esters is 2. The minimum absolute atomic E-state index is 0.00486. The summed E-state index contributed by atoms with van der Waals surface area (Å²) < 4.78 is 16.7. The molecule has 2 saturated carbocycles. The molecule has 0 unspecified atom stereocenters. The second kappa shape index (κ2) is 5.69. The number of ether oxygens (including phenoxy) is 3. The number of methoxy groups -OCH3 is 1. The molecule has 1 heterocycles. The average Bonchev–Trinajstić information content (AvgIpc) is 2.89. The standard InChI is InChI=1S/C18H24O6/c1-8-6-11-14(9(2)17(21)24-11)16(23-10(3)19)18(4)13(20)7-12(22-5)15(8)18/h8,11-12,14-16H,2,6-7H2,1,3-5H3/t8-,11+,12-,14-,15-,16+,18-/m1/s1. The zero-order valence-corrected chi connectivity index (χ0v) is 14.5. The zero-order valence-electron chi connectivity index (χ0n) is 14.5. The van der Waals surface area contributed by atoms with Gasteiger partial charge in [-0.15, -0.1) is 0 Å². The summed E-state index contributed by atoms with van der Waals surface area (Å²) in [5.41, 5.74) is -0.628. The largest absolute Gasteiger partial charge is 0.461 e. The van der Waals surface area contributed by atoms with Crippen LogP contribution in [0.4, 0.5) is 0 Å². The van der Waals surface area contributed by atoms with Crippen molar-refractivity contribution in [2.75, 3.05) is 7.11 Å². The third-order valence-corrected chi connectivity index (χ3v) is 6.13. The highest BCUT2D eigenvalue weighted by Gasteiger charge is 2.65. The number of carbonyl (C=O) groups excluding carboxylic acids is 3. The van der Waals surface area contributed by atoms with E-state index in [1.807, 2.05) is 13.8 Å². The van der Waals surface area contributed by atoms with Gasteiger partial charge in [-0.25, -0.2) is 4.79 Å². The van der Waals surface area contributed by atoms with Gasteiger partial charge in [-0.3, -0.25) is 9.59 Å². The molecule has 0 aromatic carbocycles. The third kappa shape index (κ3) is 2.23. The Labute approximate surface area is 141 Å². The van der Waals surface area contributed by atoms with Crippen molar-refractivity contribution in [3.05, 3.63) is 12.2 Å². The van der Waals surface area contributed by atoms with Crippen molar-refractivity contribution in [1.29, 1.82) is 0 Å². The minimum Gasteiger partial charge on any atom is -0.461 e. The highest BCUT2D eigenvalue weighted by molar-refractivity contribution is 5.93. The van der Waals surface area contributed by atoms with E-state index in [-0.39, 0.29) is 29.3 Å². The molecule has 1 aliphatic heterocycles. The van der Waals surface area contributed by atoms with Crippen molar-refractivity contribution in [2.45, 2.75) is 51.9 Å². The number of ketones is 1. The van der Waals surface area contributed by atoms with Gasteiger partial charge >= 0.3 is 11.9 Å². The van der Waals surface area contributed by atoms with Gasteiger partial charge in [0.2, 0.25) is 0 Å². The van der Waals surface area contributed by atoms with Gasteiger partial charge in [0.1, 0.15) is 18.0 Å². The number of hydrogen-bond acceptors (Lipinski definition) is 6. The summed E-state index contributed by atoms with van der Waals surface area (Å²) in [4.78, 5) is 36.7. The molecule has 6 heteroatoms. The smallest absolute Gasteiger partial charge is 0.334 e. The van der Waals surface area contributed by atoms with Gasteiger partial charge in [-0.1, -0.05) is 13.5 Å². The molecule has 3 aliphatic rings. The van der Waals surface area contributed by atoms with E-state index in [2.05, 4.69) is 6.58 Å². The third-order valence-electron chi connectivity index (χ3n) is 6.13. The van der Waals surface area contributed by atoms with E-state index in [0.29, 0.717) is 12.8 Å². The highest BCUT2D eigenvalue weighted by atomic mass is 16.6. The molecule has 0 bridgehead atoms. The lowest BCUT2D eigenvalue weighted by Crippen LogP contribution is -2.49. The van der Waals surface area contributed by atoms with Crippen molar-refractivity contribution in [3.8, 4) is 0 Å². The fourth-order valence-corrected chi connectivity index (χ4v) is 5.12. The fourth-order valence-electron chi connectivity index (χ4n) is 5.12. The Morgan fingerprint density at radius 1 is 1.38 bits per heavy atom. The molecule has 24 heavy (non-hydrogen) atoms. The summed E-state index contributed by atoms with van der Waals surface area (Å²) in [7, 11) is 1.60. The molecule has 7 atom stereocenters. The molecular weight excluding hydrogens is 312 g/mol. The van der Waals surface area contributed by atoms with Crippen molar-refractivity contribution in [1.82, 2.24) is 0 Å². The summed E-state index contributed by atoms with van der Waals surface area (Å²) in [6.07, 6.45) is -0.518. The Morgan fingerprint density at radius 2 is 2.04 bits per heavy atom. The number of fused-ring (bicyclic) bond motifs is 2. The molecule has 1 saturated heterocycles. The van der Waals surface area contributed by atoms with E-state index in [1.54, 1.807) is 7.11 Å². The lowest BCUT2D eigenvalue weighted by Gasteiger charge is -2.40. The Kier molecular flexibility index (Phi) is 4.06. The van der Waals surface area contributed by atoms with E-state index in [0.717, 1.165) is 0 Å². The Balaban J connectivity index is 2.13. The molecule has 0 aromatic rings. The highest BCUT2D eigenvalue weighted by Crippen LogP contribution is 2.57. The predicted molar refractivity (Wildman–Crippen MR) is 83.9 cm³/mol. The van der Waals surface area contributed by atoms with Gasteiger partial charge in [-0.2, -0.15) is 0 Å². The van der Waals surface area contributed by atoms with Gasteiger partial charge < -0.3 is 14.2 Å². The number of rotatable bonds is 2. The normalized spacial score (nSPS) is 44.6. The SMILES string of the molecule is C=C1C(=O)O[C@H]2C[C@@H](C)[C@@H]3[C@H](OC)CC(=O)[C@@]3(C)[C@@H](OC(C)=O)[C@H]12. The van der Waals surface area contributed by atoms with E-state index in [1.165, 1.54) is 6.92 Å². The van der Waals surface area contributed by atoms with Crippen LogP contribution in [-0.4, -0.2) is 43.1 Å². The molecule has 0 spiro atoms. The predicted octanol–water partition coefficient (Wildman–Crippen LogP) is 1.67. The number of Topliss-reactive ketones (excluding diaryl/α,β-unsaturated/α-hetero) is 1. The molecule has 3 fully saturated rings. The molecule has 0 radical (unpaired) electrons. The van der Waals surface area contributed by atoms with Crippen LogP contribution >= 0.6 is 0 Å². The minimum atomic E-state index is -0.915. The molecule has 6 nitrogen and oxygen atoms in total. The summed E-state index contributed by atoms with van der Waals surface area (Å²) in [6.45, 7) is 9.03. The van der Waals surface area contributed by atoms with Crippen LogP contribution in [0.2, 0.25) is 0 Å². The molecule has 0 amide bonds. The zero-order chi connectivity index (χ0) is 17.8. The maximum Gasteiger partial charge on any atom is 0.334 e. The molecule has 2 aliphatic carbocycles. The van der Waals surface area contributed by atoms with Crippen LogP contribution in [0.15, 0.2) is 12.2 Å². The molecule has 0 aromatic heterocycles. The van der Waals surface area contributed by atoms with Gasteiger partial charge in [0.25, 0.3) is 0 Å². The first-order valence-corrected chi connectivity index (χ1v) is 8.34. The molecular formula is C18H24O6. The first-order chi connectivity index (χ1) is 11.2. The van der Waals surface area contributed by atoms with E-state index in [9.17, 15) is 14.4 Å². The second-order valence-electron chi connectivity index (χ2n) is 7.45. The first-order valence-electron chi connectivity index (χ1n) is 8.34. The van der Waals surface area contributed by atoms with Crippen LogP contribution in [0.3, 0.4) is 0 Å². The first kappa shape index (κ1) is 17.1. The van der Waals surface area contributed by atoms with Crippen molar-refractivity contribution in [3.63, 3.8) is 0 Å². The Morgan fingerprint density at radius 3 is 2.62 bits per heavy atom. The lowest BCUT2D eigenvalue weighted by molar-refractivity contribution is -0.164. The summed E-state index contributed by atoms with van der Waals surface area (Å²) >= 11 is 0. The van der Waals surface area contributed by atoms with Gasteiger partial charge in [0, 0.05) is 31.9 Å². The van der Waals surface area contributed by atoms with Gasteiger partial charge in [0.15, 0.2) is 0 Å². The Bertz CT molecular complexity index is 611. The van der Waals surface area contributed by atoms with Crippen molar-refractivity contribution in [2.24, 2.45) is 23.2 Å². The van der Waals surface area contributed by atoms with Crippen molar-refractivity contribution >= 4 is 17.7 Å². The summed E-state index contributed by atoms with van der Waals surface area (Å²) in [6, 6.07) is 0. The monoisotopic (exact) mass is 336 g/mol. The summed E-state index contributed by atoms with van der Waals surface area (Å²) in [5, 5.41) is 0. The van der Waals surface area contributed by atoms with Gasteiger partial charge in [0.05, 0.1) is 17.4 Å². The topological polar surface area (TPSA) is 78.9 Å². The van der Waals surface area contributed by atoms with Crippen molar-refractivity contribution < 1.29 is 28.6 Å². The summed E-state index contributed by atoms with van der Waals surface area (Å²) in [5.74, 6) is -1.45. The molecule has 3 rings (SSSR count). The van der Waals surface area contributed by atoms with E-state index < -0.39 is 35.5 Å². The van der Waals surface area contributed by atoms with Crippen LogP contribution in [0.25, 0.3) is 0 Å². The van der Waals surface area contributed by atoms with E-state index >= 15 is 0 Å². The molecule has 0 N–H and O–H groups in total. The van der Waals surface area contributed by atoms with E-state index in [4.69, 9.17) is 14.2 Å². The second-order valence-corrected chi connectivity index (χ2v) is 7.45. The quantitative estimate of drug-likeness (QED) is 0.564. The van der Waals surface area contributed by atoms with Crippen LogP contribution in [-0.2, 0) is 28.6 Å². The maximum atomic E-state index is 12.9. The number of carbonyl (C=O) groups is 3. The lowest BCUT2D eigenvalue weighted by atomic mass is 9.67. The van der Waals surface area contributed by atoms with Crippen LogP contribution in [0, 0.1) is 23.2 Å². The van der Waals surface area contributed by atoms with Crippen LogP contribution < -0.4 is 0 Å². The van der Waals surface area contributed by atoms with Gasteiger partial charge in [-0.05, 0) is 19.3 Å². The maximum absolute atomic E-state index is 12.9. The molecule has 132 valence electrons. The fraction of sp³-hybridized carbons (Fsp3) is 0.722. The Hall–Kier alpha value is -1.69.